The Balaban J connectivity index is 1.71. The number of carbonyl (C=O) groups excluding carboxylic acids is 2. The molecule has 0 aliphatic carbocycles. The number of carbonyl (C=O) groups is 2. The third kappa shape index (κ3) is 5.01. The van der Waals surface area contributed by atoms with Crippen LogP contribution in [-0.4, -0.2) is 48.6 Å². The van der Waals surface area contributed by atoms with Gasteiger partial charge < -0.3 is 9.64 Å². The lowest BCUT2D eigenvalue weighted by molar-refractivity contribution is -0.136. The molecule has 0 saturated heterocycles. The zero-order valence-electron chi connectivity index (χ0n) is 14.4. The van der Waals surface area contributed by atoms with Crippen LogP contribution in [0.4, 0.5) is 0 Å². The number of nitrogens with zero attached hydrogens (tertiary/aromatic N) is 2. The number of aromatic nitrogens is 1. The first-order chi connectivity index (χ1) is 12.9. The molecule has 1 atom stereocenters. The van der Waals surface area contributed by atoms with E-state index in [-0.39, 0.29) is 18.0 Å². The Labute approximate surface area is 157 Å². The first-order valence-corrected chi connectivity index (χ1v) is 9.99. The molecule has 3 rings (SSSR count). The van der Waals surface area contributed by atoms with E-state index < -0.39 is 34.4 Å². The Kier molecular flexibility index (Phi) is 5.66. The minimum atomic E-state index is -3.33. The molecule has 0 bridgehead atoms. The standard InChI is InChI=1S/C19H18N2O5S/c22-18(13-26-19(23)17-8-4-5-10-20-17)21(12-15-6-2-1-3-7-15)16-9-11-27(24,25)14-16/h1-11,16H,12-14H2/t16-/m0/s1. The van der Waals surface area contributed by atoms with Crippen molar-refractivity contribution in [3.8, 4) is 0 Å². The fraction of sp³-hybridized carbons (Fsp3) is 0.211. The highest BCUT2D eigenvalue weighted by Crippen LogP contribution is 2.18. The first kappa shape index (κ1) is 18.8. The van der Waals surface area contributed by atoms with Gasteiger partial charge in [0.15, 0.2) is 16.4 Å². The number of hydrogen-bond acceptors (Lipinski definition) is 6. The largest absolute Gasteiger partial charge is 0.451 e. The van der Waals surface area contributed by atoms with Gasteiger partial charge in [0.2, 0.25) is 0 Å². The van der Waals surface area contributed by atoms with Gasteiger partial charge in [0.05, 0.1) is 11.8 Å². The molecule has 1 aliphatic rings. The maximum absolute atomic E-state index is 12.7. The van der Waals surface area contributed by atoms with E-state index in [0.29, 0.717) is 0 Å². The minimum absolute atomic E-state index is 0.100. The summed E-state index contributed by atoms with van der Waals surface area (Å²) in [7, 11) is -3.33. The second-order valence-electron chi connectivity index (χ2n) is 6.02. The topological polar surface area (TPSA) is 93.6 Å². The third-order valence-electron chi connectivity index (χ3n) is 4.03. The van der Waals surface area contributed by atoms with Gasteiger partial charge in [0, 0.05) is 18.1 Å². The predicted octanol–water partition coefficient (Wildman–Crippen LogP) is 1.58. The lowest BCUT2D eigenvalue weighted by Gasteiger charge is -2.27. The molecule has 8 heteroatoms. The number of amides is 1. The van der Waals surface area contributed by atoms with Crippen LogP contribution in [0.5, 0.6) is 0 Å². The van der Waals surface area contributed by atoms with Gasteiger partial charge in [0.25, 0.3) is 5.91 Å². The fourth-order valence-corrected chi connectivity index (χ4v) is 3.99. The van der Waals surface area contributed by atoms with Gasteiger partial charge >= 0.3 is 5.97 Å². The molecule has 1 aromatic carbocycles. The van der Waals surface area contributed by atoms with Gasteiger partial charge in [-0.05, 0) is 23.8 Å². The van der Waals surface area contributed by atoms with Crippen LogP contribution in [0.3, 0.4) is 0 Å². The van der Waals surface area contributed by atoms with Crippen LogP contribution in [-0.2, 0) is 25.9 Å². The van der Waals surface area contributed by atoms with Crippen molar-refractivity contribution < 1.29 is 22.7 Å². The molecule has 0 fully saturated rings. The monoisotopic (exact) mass is 386 g/mol. The summed E-state index contributed by atoms with van der Waals surface area (Å²) < 4.78 is 28.6. The van der Waals surface area contributed by atoms with Crippen LogP contribution >= 0.6 is 0 Å². The fourth-order valence-electron chi connectivity index (χ4n) is 2.69. The second kappa shape index (κ2) is 8.13. The Morgan fingerprint density at radius 2 is 1.85 bits per heavy atom. The summed E-state index contributed by atoms with van der Waals surface area (Å²) in [6.45, 7) is -0.280. The summed E-state index contributed by atoms with van der Waals surface area (Å²) in [4.78, 5) is 30.0. The van der Waals surface area contributed by atoms with Gasteiger partial charge in [-0.25, -0.2) is 18.2 Å². The van der Waals surface area contributed by atoms with E-state index in [2.05, 4.69) is 4.98 Å². The molecule has 0 unspecified atom stereocenters. The maximum Gasteiger partial charge on any atom is 0.357 e. The molecular weight excluding hydrogens is 368 g/mol. The SMILES string of the molecule is O=C(OCC(=O)N(Cc1ccccc1)[C@H]1C=CS(=O)(=O)C1)c1ccccn1. The Morgan fingerprint density at radius 3 is 2.48 bits per heavy atom. The van der Waals surface area contributed by atoms with Crippen molar-refractivity contribution in [3.05, 3.63) is 77.5 Å². The van der Waals surface area contributed by atoms with Crippen LogP contribution in [0, 0.1) is 0 Å². The van der Waals surface area contributed by atoms with E-state index in [1.165, 1.54) is 23.2 Å². The Bertz CT molecular complexity index is 943. The van der Waals surface area contributed by atoms with Crippen LogP contribution in [0.2, 0.25) is 0 Å². The predicted molar refractivity (Wildman–Crippen MR) is 98.2 cm³/mol. The van der Waals surface area contributed by atoms with E-state index in [4.69, 9.17) is 4.74 Å². The van der Waals surface area contributed by atoms with Gasteiger partial charge in [0.1, 0.15) is 5.69 Å². The zero-order valence-corrected chi connectivity index (χ0v) is 15.2. The molecule has 27 heavy (non-hydrogen) atoms. The van der Waals surface area contributed by atoms with Crippen molar-refractivity contribution in [3.63, 3.8) is 0 Å². The third-order valence-corrected chi connectivity index (χ3v) is 5.41. The van der Waals surface area contributed by atoms with Crippen LogP contribution in [0.25, 0.3) is 0 Å². The Morgan fingerprint density at radius 1 is 1.11 bits per heavy atom. The van der Waals surface area contributed by atoms with E-state index >= 15 is 0 Å². The second-order valence-corrected chi connectivity index (χ2v) is 7.95. The van der Waals surface area contributed by atoms with Crippen molar-refractivity contribution >= 4 is 21.7 Å². The summed E-state index contributed by atoms with van der Waals surface area (Å²) in [6, 6.07) is 13.4. The average molecular weight is 386 g/mol. The van der Waals surface area contributed by atoms with E-state index in [0.717, 1.165) is 11.0 Å². The van der Waals surface area contributed by atoms with Gasteiger partial charge in [-0.1, -0.05) is 36.4 Å². The van der Waals surface area contributed by atoms with Crippen molar-refractivity contribution in [2.24, 2.45) is 0 Å². The van der Waals surface area contributed by atoms with E-state index in [1.807, 2.05) is 30.3 Å². The number of sulfone groups is 1. The van der Waals surface area contributed by atoms with Crippen LogP contribution in [0.1, 0.15) is 16.1 Å². The van der Waals surface area contributed by atoms with Crippen molar-refractivity contribution in [2.75, 3.05) is 12.4 Å². The summed E-state index contributed by atoms with van der Waals surface area (Å²) in [5, 5.41) is 1.11. The van der Waals surface area contributed by atoms with Crippen molar-refractivity contribution in [2.45, 2.75) is 12.6 Å². The highest BCUT2D eigenvalue weighted by Gasteiger charge is 2.30. The number of benzene rings is 1. The molecule has 1 amide bonds. The van der Waals surface area contributed by atoms with Gasteiger partial charge in [-0.2, -0.15) is 0 Å². The minimum Gasteiger partial charge on any atom is -0.451 e. The Hall–Kier alpha value is -3.00. The van der Waals surface area contributed by atoms with Crippen LogP contribution in [0.15, 0.2) is 66.2 Å². The van der Waals surface area contributed by atoms with E-state index in [9.17, 15) is 18.0 Å². The molecule has 2 aromatic rings. The number of esters is 1. The summed E-state index contributed by atoms with van der Waals surface area (Å²) in [5.41, 5.74) is 0.947. The highest BCUT2D eigenvalue weighted by molar-refractivity contribution is 7.94. The highest BCUT2D eigenvalue weighted by atomic mass is 32.2. The molecular formula is C19H18N2O5S. The lowest BCUT2D eigenvalue weighted by Crippen LogP contribution is -2.42. The molecule has 0 saturated carbocycles. The average Bonchev–Trinajstić information content (AvgIpc) is 3.05. The van der Waals surface area contributed by atoms with Crippen LogP contribution < -0.4 is 0 Å². The van der Waals surface area contributed by atoms with Crippen molar-refractivity contribution in [1.82, 2.24) is 9.88 Å². The molecule has 0 spiro atoms. The van der Waals surface area contributed by atoms with Gasteiger partial charge in [-0.15, -0.1) is 0 Å². The first-order valence-electron chi connectivity index (χ1n) is 8.27. The smallest absolute Gasteiger partial charge is 0.357 e. The van der Waals surface area contributed by atoms with Gasteiger partial charge in [-0.3, -0.25) is 4.79 Å². The molecule has 7 nitrogen and oxygen atoms in total. The number of hydrogen-bond donors (Lipinski definition) is 0. The summed E-state index contributed by atoms with van der Waals surface area (Å²) in [5.74, 6) is -1.37. The number of pyridine rings is 1. The lowest BCUT2D eigenvalue weighted by atomic mass is 10.2. The molecule has 2 heterocycles. The molecule has 1 aromatic heterocycles. The molecule has 1 aliphatic heterocycles. The normalized spacial score (nSPS) is 17.4. The van der Waals surface area contributed by atoms with Crippen molar-refractivity contribution in [1.29, 1.82) is 0 Å². The maximum atomic E-state index is 12.7. The zero-order chi connectivity index (χ0) is 19.3. The molecule has 0 radical (unpaired) electrons. The number of rotatable bonds is 6. The summed E-state index contributed by atoms with van der Waals surface area (Å²) >= 11 is 0. The summed E-state index contributed by atoms with van der Waals surface area (Å²) in [6.07, 6.45) is 2.94. The quantitative estimate of drug-likeness (QED) is 0.700. The molecule has 140 valence electrons. The van der Waals surface area contributed by atoms with E-state index in [1.54, 1.807) is 12.1 Å². The number of ether oxygens (including phenoxy) is 1. The molecule has 0 N–H and O–H groups in total.